The average molecular weight is 292 g/mol. The van der Waals surface area contributed by atoms with Crippen molar-refractivity contribution in [3.8, 4) is 0 Å². The highest BCUT2D eigenvalue weighted by atomic mass is 16.7. The smallest absolute Gasteiger partial charge is 0.376 e. The maximum atomic E-state index is 11.7. The Hall–Kier alpha value is -2.34. The molecule has 1 aliphatic heterocycles. The molecule has 1 aliphatic rings. The van der Waals surface area contributed by atoms with Crippen LogP contribution in [-0.2, 0) is 23.8 Å². The maximum absolute atomic E-state index is 11.7. The summed E-state index contributed by atoms with van der Waals surface area (Å²) in [5, 5.41) is 10.0. The van der Waals surface area contributed by atoms with E-state index in [2.05, 4.69) is 4.74 Å². The number of ether oxygens (including phenoxy) is 3. The van der Waals surface area contributed by atoms with Gasteiger partial charge in [0.25, 0.3) is 0 Å². The Kier molecular flexibility index (Phi) is 4.28. The van der Waals surface area contributed by atoms with Gasteiger partial charge < -0.3 is 19.3 Å². The zero-order valence-electron chi connectivity index (χ0n) is 11.8. The molecular weight excluding hydrogens is 276 g/mol. The van der Waals surface area contributed by atoms with E-state index in [4.69, 9.17) is 9.47 Å². The SMILES string of the molecule is COC(=O)CCC1(OC)OC(=O)C(O)=C1c1ccccc1. The van der Waals surface area contributed by atoms with Gasteiger partial charge in [-0.3, -0.25) is 4.79 Å². The molecule has 0 fully saturated rings. The van der Waals surface area contributed by atoms with Crippen molar-refractivity contribution in [3.63, 3.8) is 0 Å². The molecule has 6 nitrogen and oxygen atoms in total. The lowest BCUT2D eigenvalue weighted by molar-refractivity contribution is -0.190. The predicted molar refractivity (Wildman–Crippen MR) is 73.1 cm³/mol. The number of methoxy groups -OCH3 is 2. The topological polar surface area (TPSA) is 82.1 Å². The van der Waals surface area contributed by atoms with E-state index in [0.717, 1.165) is 0 Å². The van der Waals surface area contributed by atoms with Crippen LogP contribution in [0, 0.1) is 0 Å². The fourth-order valence-electron chi connectivity index (χ4n) is 2.28. The molecule has 1 atom stereocenters. The van der Waals surface area contributed by atoms with Crippen LogP contribution in [0.3, 0.4) is 0 Å². The minimum atomic E-state index is -1.49. The zero-order chi connectivity index (χ0) is 15.5. The van der Waals surface area contributed by atoms with Crippen molar-refractivity contribution in [3.05, 3.63) is 41.7 Å². The number of esters is 2. The number of hydrogen-bond acceptors (Lipinski definition) is 6. The Labute approximate surface area is 121 Å². The summed E-state index contributed by atoms with van der Waals surface area (Å²) in [6.07, 6.45) is 0.0391. The second-order valence-electron chi connectivity index (χ2n) is 4.51. The van der Waals surface area contributed by atoms with Gasteiger partial charge in [-0.25, -0.2) is 4.79 Å². The maximum Gasteiger partial charge on any atom is 0.376 e. The summed E-state index contributed by atoms with van der Waals surface area (Å²) in [5.41, 5.74) is 0.812. The van der Waals surface area contributed by atoms with E-state index < -0.39 is 23.5 Å². The quantitative estimate of drug-likeness (QED) is 0.833. The molecule has 0 spiro atoms. The monoisotopic (exact) mass is 292 g/mol. The van der Waals surface area contributed by atoms with E-state index in [9.17, 15) is 14.7 Å². The first-order valence-electron chi connectivity index (χ1n) is 6.38. The van der Waals surface area contributed by atoms with Gasteiger partial charge in [0.15, 0.2) is 0 Å². The van der Waals surface area contributed by atoms with Crippen LogP contribution in [-0.4, -0.2) is 37.1 Å². The summed E-state index contributed by atoms with van der Waals surface area (Å²) in [7, 11) is 2.62. The van der Waals surface area contributed by atoms with Crippen molar-refractivity contribution in [1.82, 2.24) is 0 Å². The van der Waals surface area contributed by atoms with Gasteiger partial charge >= 0.3 is 11.9 Å². The summed E-state index contributed by atoms with van der Waals surface area (Å²) >= 11 is 0. The molecule has 1 unspecified atom stereocenters. The number of carbonyl (C=O) groups is 2. The van der Waals surface area contributed by atoms with Crippen LogP contribution in [0.25, 0.3) is 5.57 Å². The van der Waals surface area contributed by atoms with Crippen molar-refractivity contribution < 1.29 is 28.9 Å². The molecular formula is C15H16O6. The fourth-order valence-corrected chi connectivity index (χ4v) is 2.28. The zero-order valence-corrected chi connectivity index (χ0v) is 11.8. The minimum Gasteiger partial charge on any atom is -0.501 e. The molecule has 21 heavy (non-hydrogen) atoms. The van der Waals surface area contributed by atoms with Gasteiger partial charge in [0.2, 0.25) is 11.5 Å². The molecule has 2 rings (SSSR count). The summed E-state index contributed by atoms with van der Waals surface area (Å²) in [6.45, 7) is 0. The third-order valence-electron chi connectivity index (χ3n) is 3.35. The number of aliphatic hydroxyl groups is 1. The molecule has 0 aromatic heterocycles. The standard InChI is InChI=1S/C15H16O6/c1-19-11(16)8-9-15(20-2)12(13(17)14(18)21-15)10-6-4-3-5-7-10/h3-7,17H,8-9H2,1-2H3. The molecule has 0 saturated carbocycles. The molecule has 0 amide bonds. The summed E-state index contributed by atoms with van der Waals surface area (Å²) in [4.78, 5) is 23.1. The Morgan fingerprint density at radius 3 is 2.52 bits per heavy atom. The Morgan fingerprint density at radius 2 is 1.95 bits per heavy atom. The molecule has 1 aromatic carbocycles. The van der Waals surface area contributed by atoms with E-state index in [0.29, 0.717) is 5.56 Å². The van der Waals surface area contributed by atoms with Gasteiger partial charge in [-0.1, -0.05) is 30.3 Å². The van der Waals surface area contributed by atoms with Crippen LogP contribution in [0.4, 0.5) is 0 Å². The lowest BCUT2D eigenvalue weighted by Gasteiger charge is -2.28. The first-order valence-corrected chi connectivity index (χ1v) is 6.38. The number of benzene rings is 1. The largest absolute Gasteiger partial charge is 0.501 e. The molecule has 1 aromatic rings. The van der Waals surface area contributed by atoms with Crippen molar-refractivity contribution >= 4 is 17.5 Å². The Bertz CT molecular complexity index is 577. The lowest BCUT2D eigenvalue weighted by atomic mass is 9.94. The molecule has 1 heterocycles. The van der Waals surface area contributed by atoms with Crippen LogP contribution in [0.1, 0.15) is 18.4 Å². The van der Waals surface area contributed by atoms with Crippen LogP contribution in [0.5, 0.6) is 0 Å². The molecule has 1 N–H and O–H groups in total. The van der Waals surface area contributed by atoms with Crippen LogP contribution < -0.4 is 0 Å². The summed E-state index contributed by atoms with van der Waals surface area (Å²) < 4.78 is 15.1. The number of hydrogen-bond donors (Lipinski definition) is 1. The average Bonchev–Trinajstić information content (AvgIpc) is 2.77. The van der Waals surface area contributed by atoms with Gasteiger partial charge in [0.05, 0.1) is 19.1 Å². The number of aliphatic hydroxyl groups excluding tert-OH is 1. The first kappa shape index (κ1) is 15.1. The van der Waals surface area contributed by atoms with Gasteiger partial charge in [-0.2, -0.15) is 0 Å². The molecule has 6 heteroatoms. The lowest BCUT2D eigenvalue weighted by Crippen LogP contribution is -2.34. The van der Waals surface area contributed by atoms with E-state index >= 15 is 0 Å². The number of carbonyl (C=O) groups excluding carboxylic acids is 2. The number of cyclic esters (lactones) is 1. The third kappa shape index (κ3) is 2.75. The fraction of sp³-hybridized carbons (Fsp3) is 0.333. The third-order valence-corrected chi connectivity index (χ3v) is 3.35. The number of rotatable bonds is 5. The normalized spacial score (nSPS) is 21.3. The molecule has 112 valence electrons. The van der Waals surface area contributed by atoms with Gasteiger partial charge in [0.1, 0.15) is 0 Å². The Balaban J connectivity index is 2.40. The van der Waals surface area contributed by atoms with E-state index in [1.807, 2.05) is 6.07 Å². The van der Waals surface area contributed by atoms with Crippen LogP contribution in [0.2, 0.25) is 0 Å². The minimum absolute atomic E-state index is 0.0127. The molecule has 0 radical (unpaired) electrons. The van der Waals surface area contributed by atoms with Gasteiger partial charge in [0, 0.05) is 13.5 Å². The Morgan fingerprint density at radius 1 is 1.29 bits per heavy atom. The highest BCUT2D eigenvalue weighted by molar-refractivity contribution is 6.01. The van der Waals surface area contributed by atoms with E-state index in [1.54, 1.807) is 24.3 Å². The van der Waals surface area contributed by atoms with E-state index in [1.165, 1.54) is 14.2 Å². The predicted octanol–water partition coefficient (Wildman–Crippen LogP) is 1.81. The highest BCUT2D eigenvalue weighted by Crippen LogP contribution is 2.42. The van der Waals surface area contributed by atoms with Crippen molar-refractivity contribution in [2.24, 2.45) is 0 Å². The van der Waals surface area contributed by atoms with Crippen LogP contribution in [0.15, 0.2) is 36.1 Å². The van der Waals surface area contributed by atoms with Crippen molar-refractivity contribution in [1.29, 1.82) is 0 Å². The van der Waals surface area contributed by atoms with Crippen molar-refractivity contribution in [2.45, 2.75) is 18.6 Å². The van der Waals surface area contributed by atoms with E-state index in [-0.39, 0.29) is 18.4 Å². The summed E-state index contributed by atoms with van der Waals surface area (Å²) in [6, 6.07) is 8.78. The van der Waals surface area contributed by atoms with Gasteiger partial charge in [-0.15, -0.1) is 0 Å². The second kappa shape index (κ2) is 5.97. The first-order chi connectivity index (χ1) is 10.0. The van der Waals surface area contributed by atoms with Crippen molar-refractivity contribution in [2.75, 3.05) is 14.2 Å². The molecule has 0 bridgehead atoms. The molecule has 0 aliphatic carbocycles. The van der Waals surface area contributed by atoms with Crippen LogP contribution >= 0.6 is 0 Å². The summed E-state index contributed by atoms with van der Waals surface area (Å²) in [5.74, 6) is -3.33. The molecule has 0 saturated heterocycles. The second-order valence-corrected chi connectivity index (χ2v) is 4.51. The highest BCUT2D eigenvalue weighted by Gasteiger charge is 2.49. The van der Waals surface area contributed by atoms with Gasteiger partial charge in [-0.05, 0) is 5.56 Å².